The third kappa shape index (κ3) is 7.90. The molecule has 0 radical (unpaired) electrons. The first-order valence-corrected chi connectivity index (χ1v) is 10.5. The number of halogens is 2. The molecule has 0 bridgehead atoms. The van der Waals surface area contributed by atoms with Gasteiger partial charge in [0, 0.05) is 30.5 Å². The van der Waals surface area contributed by atoms with E-state index in [-0.39, 0.29) is 48.0 Å². The van der Waals surface area contributed by atoms with Crippen LogP contribution in [0.2, 0.25) is 5.02 Å². The first-order chi connectivity index (χ1) is 12.9. The third-order valence-electron chi connectivity index (χ3n) is 3.66. The molecule has 0 amide bonds. The van der Waals surface area contributed by atoms with E-state index in [4.69, 9.17) is 11.6 Å². The zero-order chi connectivity index (χ0) is 19.7. The van der Waals surface area contributed by atoms with Crippen LogP contribution in [0.25, 0.3) is 0 Å². The van der Waals surface area contributed by atoms with Gasteiger partial charge in [-0.3, -0.25) is 9.98 Å². The topological polar surface area (TPSA) is 95.5 Å². The van der Waals surface area contributed by atoms with Gasteiger partial charge in [-0.1, -0.05) is 23.7 Å². The van der Waals surface area contributed by atoms with Gasteiger partial charge in [0.1, 0.15) is 4.90 Å². The van der Waals surface area contributed by atoms with Crippen molar-refractivity contribution in [1.82, 2.24) is 20.3 Å². The number of pyridine rings is 1. The summed E-state index contributed by atoms with van der Waals surface area (Å²) < 4.78 is 26.8. The Bertz CT molecular complexity index is 865. The predicted octanol–water partition coefficient (Wildman–Crippen LogP) is 2.95. The highest BCUT2D eigenvalue weighted by molar-refractivity contribution is 14.0. The molecule has 0 spiro atoms. The molecule has 0 aliphatic heterocycles. The van der Waals surface area contributed by atoms with Gasteiger partial charge in [-0.05, 0) is 43.7 Å². The van der Waals surface area contributed by atoms with Crippen LogP contribution in [0.3, 0.4) is 0 Å². The van der Waals surface area contributed by atoms with Crippen LogP contribution in [0.4, 0.5) is 0 Å². The van der Waals surface area contributed by atoms with Crippen molar-refractivity contribution < 1.29 is 8.42 Å². The number of rotatable bonds is 8. The number of nitrogens with zero attached hydrogens (tertiary/aromatic N) is 2. The van der Waals surface area contributed by atoms with Gasteiger partial charge in [0.25, 0.3) is 0 Å². The lowest BCUT2D eigenvalue weighted by Crippen LogP contribution is -2.39. The Labute approximate surface area is 188 Å². The van der Waals surface area contributed by atoms with Gasteiger partial charge in [0.2, 0.25) is 10.0 Å². The molecule has 10 heteroatoms. The summed E-state index contributed by atoms with van der Waals surface area (Å²) in [5.74, 6) is 0.602. The highest BCUT2D eigenvalue weighted by atomic mass is 127. The molecule has 1 atom stereocenters. The van der Waals surface area contributed by atoms with E-state index in [1.807, 2.05) is 38.1 Å². The molecule has 3 N–H and O–H groups in total. The molecular formula is C18H25ClIN5O2S. The molecule has 1 aromatic carbocycles. The molecule has 7 nitrogen and oxygen atoms in total. The molecule has 0 fully saturated rings. The molecule has 0 saturated heterocycles. The quantitative estimate of drug-likeness (QED) is 0.208. The molecule has 2 rings (SSSR count). The Kier molecular flexibility index (Phi) is 10.7. The fourth-order valence-corrected chi connectivity index (χ4v) is 3.50. The van der Waals surface area contributed by atoms with E-state index in [0.29, 0.717) is 17.5 Å². The van der Waals surface area contributed by atoms with Crippen LogP contribution in [-0.2, 0) is 10.0 Å². The van der Waals surface area contributed by atoms with E-state index < -0.39 is 10.0 Å². The van der Waals surface area contributed by atoms with Gasteiger partial charge >= 0.3 is 0 Å². The van der Waals surface area contributed by atoms with Crippen LogP contribution in [0.5, 0.6) is 0 Å². The molecule has 28 heavy (non-hydrogen) atoms. The number of hydrogen-bond acceptors (Lipinski definition) is 4. The van der Waals surface area contributed by atoms with E-state index in [9.17, 15) is 8.42 Å². The van der Waals surface area contributed by atoms with Crippen molar-refractivity contribution in [3.63, 3.8) is 0 Å². The maximum atomic E-state index is 12.2. The molecule has 1 heterocycles. The number of sulfonamides is 1. The minimum absolute atomic E-state index is 0. The van der Waals surface area contributed by atoms with Crippen LogP contribution in [-0.4, -0.2) is 39.0 Å². The normalized spacial score (nSPS) is 12.8. The zero-order valence-electron chi connectivity index (χ0n) is 15.7. The Balaban J connectivity index is 0.00000392. The summed E-state index contributed by atoms with van der Waals surface area (Å²) in [5.41, 5.74) is 1.03. The molecule has 0 saturated carbocycles. The first-order valence-electron chi connectivity index (χ1n) is 8.62. The molecule has 1 unspecified atom stereocenters. The predicted molar refractivity (Wildman–Crippen MR) is 124 cm³/mol. The fourth-order valence-electron chi connectivity index (χ4n) is 2.32. The van der Waals surface area contributed by atoms with Crippen molar-refractivity contribution in [1.29, 1.82) is 0 Å². The molecule has 1 aromatic heterocycles. The van der Waals surface area contributed by atoms with Gasteiger partial charge in [0.05, 0.1) is 12.6 Å². The monoisotopic (exact) mass is 537 g/mol. The lowest BCUT2D eigenvalue weighted by atomic mass is 10.1. The van der Waals surface area contributed by atoms with E-state index in [1.54, 1.807) is 6.07 Å². The van der Waals surface area contributed by atoms with Gasteiger partial charge in [-0.15, -0.1) is 24.0 Å². The van der Waals surface area contributed by atoms with Crippen molar-refractivity contribution in [2.45, 2.75) is 24.8 Å². The van der Waals surface area contributed by atoms with Crippen molar-refractivity contribution in [3.8, 4) is 0 Å². The summed E-state index contributed by atoms with van der Waals surface area (Å²) >= 11 is 6.04. The molecule has 154 valence electrons. The SMILES string of the molecule is CCNC(=NCCNS(=O)(=O)c1cccnc1)NC(C)c1cccc(Cl)c1.I. The summed E-state index contributed by atoms with van der Waals surface area (Å²) in [6, 6.07) is 10.7. The molecule has 2 aromatic rings. The van der Waals surface area contributed by atoms with E-state index in [0.717, 1.165) is 5.56 Å². The summed E-state index contributed by atoms with van der Waals surface area (Å²) in [4.78, 5) is 8.37. The second kappa shape index (κ2) is 12.2. The highest BCUT2D eigenvalue weighted by Gasteiger charge is 2.13. The maximum absolute atomic E-state index is 12.2. The van der Waals surface area contributed by atoms with Crippen LogP contribution < -0.4 is 15.4 Å². The average Bonchev–Trinajstić information content (AvgIpc) is 2.66. The van der Waals surface area contributed by atoms with E-state index in [2.05, 4.69) is 25.3 Å². The summed E-state index contributed by atoms with van der Waals surface area (Å²) in [6.07, 6.45) is 2.84. The first kappa shape index (κ1) is 24.6. The lowest BCUT2D eigenvalue weighted by Gasteiger charge is -2.18. The second-order valence-electron chi connectivity index (χ2n) is 5.77. The number of hydrogen-bond donors (Lipinski definition) is 3. The Hall–Kier alpha value is -1.43. The van der Waals surface area contributed by atoms with Crippen LogP contribution in [0, 0.1) is 0 Å². The van der Waals surface area contributed by atoms with Crippen molar-refractivity contribution >= 4 is 51.6 Å². The number of guanidine groups is 1. The van der Waals surface area contributed by atoms with Gasteiger partial charge in [-0.2, -0.15) is 0 Å². The second-order valence-corrected chi connectivity index (χ2v) is 7.97. The van der Waals surface area contributed by atoms with Crippen molar-refractivity contribution in [3.05, 3.63) is 59.4 Å². The van der Waals surface area contributed by atoms with Gasteiger partial charge in [0.15, 0.2) is 5.96 Å². The maximum Gasteiger partial charge on any atom is 0.242 e. The average molecular weight is 538 g/mol. The Morgan fingerprint density at radius 1 is 1.29 bits per heavy atom. The Morgan fingerprint density at radius 2 is 2.07 bits per heavy atom. The summed E-state index contributed by atoms with van der Waals surface area (Å²) in [6.45, 7) is 5.13. The van der Waals surface area contributed by atoms with Crippen LogP contribution in [0.15, 0.2) is 58.7 Å². The minimum atomic E-state index is -3.58. The smallest absolute Gasteiger partial charge is 0.242 e. The largest absolute Gasteiger partial charge is 0.357 e. The van der Waals surface area contributed by atoms with E-state index >= 15 is 0 Å². The Morgan fingerprint density at radius 3 is 2.71 bits per heavy atom. The van der Waals surface area contributed by atoms with Gasteiger partial charge < -0.3 is 10.6 Å². The summed E-state index contributed by atoms with van der Waals surface area (Å²) in [5, 5.41) is 7.10. The number of benzene rings is 1. The lowest BCUT2D eigenvalue weighted by molar-refractivity contribution is 0.581. The molecular weight excluding hydrogens is 513 g/mol. The standard InChI is InChI=1S/C18H24ClN5O2S.HI/c1-3-21-18(24-14(2)15-6-4-7-16(19)12-15)22-10-11-23-27(25,26)17-8-5-9-20-13-17;/h4-9,12-14,23H,3,10-11H2,1-2H3,(H2,21,22,24);1H. The zero-order valence-corrected chi connectivity index (χ0v) is 19.6. The van der Waals surface area contributed by atoms with Crippen molar-refractivity contribution in [2.75, 3.05) is 19.6 Å². The van der Waals surface area contributed by atoms with Crippen LogP contribution >= 0.6 is 35.6 Å². The molecule has 0 aliphatic rings. The van der Waals surface area contributed by atoms with Crippen molar-refractivity contribution in [2.24, 2.45) is 4.99 Å². The molecule has 0 aliphatic carbocycles. The number of aliphatic imine (C=N–C) groups is 1. The highest BCUT2D eigenvalue weighted by Crippen LogP contribution is 2.17. The third-order valence-corrected chi connectivity index (χ3v) is 5.35. The number of nitrogens with one attached hydrogen (secondary N) is 3. The van der Waals surface area contributed by atoms with E-state index in [1.165, 1.54) is 18.5 Å². The minimum Gasteiger partial charge on any atom is -0.357 e. The summed E-state index contributed by atoms with van der Waals surface area (Å²) in [7, 11) is -3.58. The fraction of sp³-hybridized carbons (Fsp3) is 0.333. The number of aromatic nitrogens is 1. The van der Waals surface area contributed by atoms with Gasteiger partial charge in [-0.25, -0.2) is 13.1 Å². The van der Waals surface area contributed by atoms with Crippen LogP contribution in [0.1, 0.15) is 25.5 Å².